The number of aryl methyl sites for hydroxylation is 1. The molecule has 0 aliphatic carbocycles. The zero-order valence-electron chi connectivity index (χ0n) is 14.4. The molecular formula is C19H24N2O4. The predicted molar refractivity (Wildman–Crippen MR) is 94.6 cm³/mol. The molecule has 1 saturated heterocycles. The standard InChI is InChI=1S/C19H24N2O4/c1-2-13-4-3-5-15-14(12-20-18(13)15)10-16(22)21-19(11-17(23)24)6-8-25-9-7-19/h3-5,12,20H,2,6-11H2,1H3,(H,21,22)(H,23,24). The number of carboxylic acids is 1. The van der Waals surface area contributed by atoms with Crippen LogP contribution in [-0.2, 0) is 27.2 Å². The minimum atomic E-state index is -0.901. The summed E-state index contributed by atoms with van der Waals surface area (Å²) < 4.78 is 5.33. The number of para-hydroxylation sites is 1. The fraction of sp³-hybridized carbons (Fsp3) is 0.474. The molecule has 1 aromatic carbocycles. The number of hydrogen-bond donors (Lipinski definition) is 3. The molecule has 134 valence electrons. The maximum absolute atomic E-state index is 12.6. The van der Waals surface area contributed by atoms with Gasteiger partial charge < -0.3 is 20.1 Å². The van der Waals surface area contributed by atoms with Crippen LogP contribution < -0.4 is 5.32 Å². The molecule has 0 saturated carbocycles. The number of aliphatic carboxylic acids is 1. The van der Waals surface area contributed by atoms with Crippen molar-refractivity contribution in [3.8, 4) is 0 Å². The number of aromatic nitrogens is 1. The van der Waals surface area contributed by atoms with E-state index < -0.39 is 11.5 Å². The van der Waals surface area contributed by atoms with Crippen LogP contribution in [0.15, 0.2) is 24.4 Å². The number of carboxylic acid groups (broad SMARTS) is 1. The van der Waals surface area contributed by atoms with E-state index in [1.54, 1.807) is 0 Å². The summed E-state index contributed by atoms with van der Waals surface area (Å²) in [6, 6.07) is 6.09. The highest BCUT2D eigenvalue weighted by Gasteiger charge is 2.36. The van der Waals surface area contributed by atoms with Gasteiger partial charge in [0, 0.05) is 30.3 Å². The van der Waals surface area contributed by atoms with E-state index in [-0.39, 0.29) is 18.7 Å². The van der Waals surface area contributed by atoms with Crippen LogP contribution in [0.2, 0.25) is 0 Å². The Morgan fingerprint density at radius 3 is 2.72 bits per heavy atom. The highest BCUT2D eigenvalue weighted by Crippen LogP contribution is 2.26. The Morgan fingerprint density at radius 2 is 2.04 bits per heavy atom. The summed E-state index contributed by atoms with van der Waals surface area (Å²) in [5.74, 6) is -1.05. The van der Waals surface area contributed by atoms with Crippen molar-refractivity contribution in [2.45, 2.75) is 44.6 Å². The molecule has 0 radical (unpaired) electrons. The lowest BCUT2D eigenvalue weighted by Crippen LogP contribution is -2.53. The fourth-order valence-electron chi connectivity index (χ4n) is 3.63. The number of fused-ring (bicyclic) bond motifs is 1. The van der Waals surface area contributed by atoms with Gasteiger partial charge in [-0.2, -0.15) is 0 Å². The largest absolute Gasteiger partial charge is 0.481 e. The fourth-order valence-corrected chi connectivity index (χ4v) is 3.63. The average molecular weight is 344 g/mol. The maximum atomic E-state index is 12.6. The normalized spacial score (nSPS) is 16.7. The minimum absolute atomic E-state index is 0.0734. The number of H-pyrrole nitrogens is 1. The molecule has 0 spiro atoms. The Labute approximate surface area is 146 Å². The summed E-state index contributed by atoms with van der Waals surface area (Å²) >= 11 is 0. The Balaban J connectivity index is 1.76. The van der Waals surface area contributed by atoms with Crippen LogP contribution in [0, 0.1) is 0 Å². The van der Waals surface area contributed by atoms with Gasteiger partial charge in [-0.25, -0.2) is 0 Å². The van der Waals surface area contributed by atoms with E-state index in [4.69, 9.17) is 4.74 Å². The van der Waals surface area contributed by atoms with Gasteiger partial charge in [-0.15, -0.1) is 0 Å². The molecule has 0 bridgehead atoms. The van der Waals surface area contributed by atoms with E-state index in [2.05, 4.69) is 23.3 Å². The first-order valence-electron chi connectivity index (χ1n) is 8.71. The number of carbonyl (C=O) groups is 2. The summed E-state index contributed by atoms with van der Waals surface area (Å²) in [4.78, 5) is 27.1. The van der Waals surface area contributed by atoms with Gasteiger partial charge in [0.05, 0.1) is 18.4 Å². The summed E-state index contributed by atoms with van der Waals surface area (Å²) in [6.45, 7) is 3.05. The highest BCUT2D eigenvalue weighted by atomic mass is 16.5. The molecule has 0 unspecified atom stereocenters. The van der Waals surface area contributed by atoms with Crippen LogP contribution in [0.25, 0.3) is 10.9 Å². The van der Waals surface area contributed by atoms with Gasteiger partial charge in [0.15, 0.2) is 0 Å². The maximum Gasteiger partial charge on any atom is 0.305 e. The molecule has 2 aromatic rings. The Morgan fingerprint density at radius 1 is 1.28 bits per heavy atom. The van der Waals surface area contributed by atoms with Crippen LogP contribution in [0.5, 0.6) is 0 Å². The molecular weight excluding hydrogens is 320 g/mol. The van der Waals surface area contributed by atoms with E-state index in [9.17, 15) is 14.7 Å². The van der Waals surface area contributed by atoms with Crippen molar-refractivity contribution in [1.29, 1.82) is 0 Å². The van der Waals surface area contributed by atoms with Crippen molar-refractivity contribution in [3.63, 3.8) is 0 Å². The number of aromatic amines is 1. The Kier molecular flexibility index (Phi) is 5.08. The molecule has 25 heavy (non-hydrogen) atoms. The molecule has 3 N–H and O–H groups in total. The van der Waals surface area contributed by atoms with Crippen molar-refractivity contribution in [2.75, 3.05) is 13.2 Å². The van der Waals surface area contributed by atoms with Crippen LogP contribution in [0.4, 0.5) is 0 Å². The monoisotopic (exact) mass is 344 g/mol. The number of amides is 1. The molecule has 6 heteroatoms. The second-order valence-corrected chi connectivity index (χ2v) is 6.70. The first kappa shape index (κ1) is 17.5. The molecule has 1 fully saturated rings. The van der Waals surface area contributed by atoms with Gasteiger partial charge in [-0.3, -0.25) is 9.59 Å². The molecule has 1 amide bonds. The van der Waals surface area contributed by atoms with E-state index in [0.29, 0.717) is 26.1 Å². The minimum Gasteiger partial charge on any atom is -0.481 e. The third-order valence-electron chi connectivity index (χ3n) is 4.96. The SMILES string of the molecule is CCc1cccc2c(CC(=O)NC3(CC(=O)O)CCOCC3)c[nH]c12. The smallest absolute Gasteiger partial charge is 0.305 e. The lowest BCUT2D eigenvalue weighted by molar-refractivity contribution is -0.140. The molecule has 1 aromatic heterocycles. The van der Waals surface area contributed by atoms with Crippen LogP contribution in [0.1, 0.15) is 37.3 Å². The average Bonchev–Trinajstić information content (AvgIpc) is 2.97. The second kappa shape index (κ2) is 7.27. The van der Waals surface area contributed by atoms with Gasteiger partial charge in [-0.05, 0) is 30.4 Å². The molecule has 2 heterocycles. The zero-order valence-corrected chi connectivity index (χ0v) is 14.4. The third-order valence-corrected chi connectivity index (χ3v) is 4.96. The first-order valence-corrected chi connectivity index (χ1v) is 8.71. The molecule has 1 aliphatic heterocycles. The van der Waals surface area contributed by atoms with E-state index >= 15 is 0 Å². The van der Waals surface area contributed by atoms with Crippen molar-refractivity contribution in [1.82, 2.24) is 10.3 Å². The lowest BCUT2D eigenvalue weighted by atomic mass is 9.86. The van der Waals surface area contributed by atoms with Gasteiger partial charge in [0.25, 0.3) is 0 Å². The first-order chi connectivity index (χ1) is 12.0. The Bertz CT molecular complexity index is 775. The van der Waals surface area contributed by atoms with E-state index in [0.717, 1.165) is 22.9 Å². The number of nitrogens with one attached hydrogen (secondary N) is 2. The summed E-state index contributed by atoms with van der Waals surface area (Å²) in [5.41, 5.74) is 2.51. The lowest BCUT2D eigenvalue weighted by Gasteiger charge is -2.36. The summed E-state index contributed by atoms with van der Waals surface area (Å²) in [7, 11) is 0. The van der Waals surface area contributed by atoms with Crippen molar-refractivity contribution >= 4 is 22.8 Å². The quantitative estimate of drug-likeness (QED) is 0.750. The van der Waals surface area contributed by atoms with Crippen LogP contribution in [-0.4, -0.2) is 40.7 Å². The number of ether oxygens (including phenoxy) is 1. The third kappa shape index (κ3) is 3.85. The van der Waals surface area contributed by atoms with Crippen LogP contribution >= 0.6 is 0 Å². The molecule has 3 rings (SSSR count). The predicted octanol–water partition coefficient (Wildman–Crippen LogP) is 2.41. The topological polar surface area (TPSA) is 91.4 Å². The highest BCUT2D eigenvalue weighted by molar-refractivity contribution is 5.91. The molecule has 1 aliphatic rings. The zero-order chi connectivity index (χ0) is 17.9. The summed E-state index contributed by atoms with van der Waals surface area (Å²) in [6.07, 6.45) is 4.01. The number of benzene rings is 1. The number of hydrogen-bond acceptors (Lipinski definition) is 3. The van der Waals surface area contributed by atoms with Crippen molar-refractivity contribution in [3.05, 3.63) is 35.5 Å². The summed E-state index contributed by atoms with van der Waals surface area (Å²) in [5, 5.41) is 13.2. The number of rotatable bonds is 6. The van der Waals surface area contributed by atoms with Gasteiger partial charge in [-0.1, -0.05) is 25.1 Å². The van der Waals surface area contributed by atoms with Gasteiger partial charge in [0.1, 0.15) is 0 Å². The molecule has 0 atom stereocenters. The van der Waals surface area contributed by atoms with Gasteiger partial charge >= 0.3 is 5.97 Å². The van der Waals surface area contributed by atoms with Crippen molar-refractivity contribution < 1.29 is 19.4 Å². The molecule has 6 nitrogen and oxygen atoms in total. The van der Waals surface area contributed by atoms with Crippen molar-refractivity contribution in [2.24, 2.45) is 0 Å². The van der Waals surface area contributed by atoms with Gasteiger partial charge in [0.2, 0.25) is 5.91 Å². The Hall–Kier alpha value is -2.34. The van der Waals surface area contributed by atoms with E-state index in [1.165, 1.54) is 5.56 Å². The number of carbonyl (C=O) groups excluding carboxylic acids is 1. The second-order valence-electron chi connectivity index (χ2n) is 6.70. The van der Waals surface area contributed by atoms with E-state index in [1.807, 2.05) is 18.3 Å². The van der Waals surface area contributed by atoms with Crippen LogP contribution in [0.3, 0.4) is 0 Å².